The van der Waals surface area contributed by atoms with Gasteiger partial charge in [0.1, 0.15) is 17.5 Å². The van der Waals surface area contributed by atoms with Gasteiger partial charge in [-0.3, -0.25) is 9.48 Å². The minimum Gasteiger partial charge on any atom is -0.432 e. The standard InChI is InChI=1S/C18H16F2N6O4/c1-25-15(10(8-21)9-22-25)24-16(27)11-2-3-12(29-17(19)20)13-14(11)30-18(23-13)26-4-6-28-7-5-26/h2-3,9,17H,4-7H2,1H3,(H,24,27). The summed E-state index contributed by atoms with van der Waals surface area (Å²) in [5.74, 6) is -0.636. The highest BCUT2D eigenvalue weighted by Gasteiger charge is 2.25. The van der Waals surface area contributed by atoms with E-state index in [0.29, 0.717) is 26.3 Å². The Bertz CT molecular complexity index is 1130. The van der Waals surface area contributed by atoms with Crippen LogP contribution in [0, 0.1) is 11.3 Å². The van der Waals surface area contributed by atoms with E-state index in [2.05, 4.69) is 20.1 Å². The van der Waals surface area contributed by atoms with Gasteiger partial charge in [-0.05, 0) is 12.1 Å². The summed E-state index contributed by atoms with van der Waals surface area (Å²) in [4.78, 5) is 19.0. The molecule has 0 bridgehead atoms. The first-order valence-corrected chi connectivity index (χ1v) is 8.92. The lowest BCUT2D eigenvalue weighted by atomic mass is 10.1. The van der Waals surface area contributed by atoms with Gasteiger partial charge in [0, 0.05) is 20.1 Å². The third-order valence-electron chi connectivity index (χ3n) is 4.53. The summed E-state index contributed by atoms with van der Waals surface area (Å²) in [5, 5.41) is 15.7. The summed E-state index contributed by atoms with van der Waals surface area (Å²) in [6.07, 6.45) is 1.32. The smallest absolute Gasteiger partial charge is 0.387 e. The van der Waals surface area contributed by atoms with Crippen LogP contribution in [-0.4, -0.2) is 53.6 Å². The summed E-state index contributed by atoms with van der Waals surface area (Å²) >= 11 is 0. The molecule has 2 aromatic heterocycles. The second-order valence-electron chi connectivity index (χ2n) is 6.36. The number of aryl methyl sites for hydroxylation is 1. The molecular weight excluding hydrogens is 402 g/mol. The SMILES string of the molecule is Cn1ncc(C#N)c1NC(=O)c1ccc(OC(F)F)c2nc(N3CCOCC3)oc12. The van der Waals surface area contributed by atoms with Crippen molar-refractivity contribution >= 4 is 28.8 Å². The Morgan fingerprint density at radius 1 is 1.37 bits per heavy atom. The number of fused-ring (bicyclic) bond motifs is 1. The zero-order valence-electron chi connectivity index (χ0n) is 15.8. The van der Waals surface area contributed by atoms with Gasteiger partial charge in [0.25, 0.3) is 11.9 Å². The highest BCUT2D eigenvalue weighted by Crippen LogP contribution is 2.33. The van der Waals surface area contributed by atoms with E-state index in [0.717, 1.165) is 0 Å². The molecule has 156 valence electrons. The van der Waals surface area contributed by atoms with Gasteiger partial charge in [-0.2, -0.15) is 24.1 Å². The van der Waals surface area contributed by atoms with Crippen molar-refractivity contribution in [2.24, 2.45) is 7.05 Å². The number of halogens is 2. The summed E-state index contributed by atoms with van der Waals surface area (Å²) in [6.45, 7) is -1.14. The van der Waals surface area contributed by atoms with Crippen LogP contribution in [-0.2, 0) is 11.8 Å². The van der Waals surface area contributed by atoms with Crippen molar-refractivity contribution in [2.45, 2.75) is 6.61 Å². The van der Waals surface area contributed by atoms with Gasteiger partial charge in [-0.1, -0.05) is 0 Å². The molecule has 1 N–H and O–H groups in total. The van der Waals surface area contributed by atoms with Crippen LogP contribution in [0.25, 0.3) is 11.1 Å². The lowest BCUT2D eigenvalue weighted by Crippen LogP contribution is -2.36. The maximum absolute atomic E-state index is 12.9. The Hall–Kier alpha value is -3.72. The Balaban J connectivity index is 1.75. The van der Waals surface area contributed by atoms with Crippen molar-refractivity contribution in [2.75, 3.05) is 36.5 Å². The molecule has 1 amide bonds. The van der Waals surface area contributed by atoms with Crippen molar-refractivity contribution in [3.63, 3.8) is 0 Å². The van der Waals surface area contributed by atoms with Crippen LogP contribution in [0.1, 0.15) is 15.9 Å². The van der Waals surface area contributed by atoms with E-state index in [1.54, 1.807) is 11.9 Å². The average Bonchev–Trinajstić information content (AvgIpc) is 3.33. The molecule has 1 fully saturated rings. The molecule has 0 atom stereocenters. The zero-order valence-corrected chi connectivity index (χ0v) is 15.8. The third kappa shape index (κ3) is 3.62. The van der Waals surface area contributed by atoms with Gasteiger partial charge in [-0.25, -0.2) is 0 Å². The van der Waals surface area contributed by atoms with Gasteiger partial charge in [-0.15, -0.1) is 0 Å². The molecule has 30 heavy (non-hydrogen) atoms. The number of morpholine rings is 1. The van der Waals surface area contributed by atoms with Crippen molar-refractivity contribution in [1.82, 2.24) is 14.8 Å². The maximum atomic E-state index is 12.9. The molecule has 0 spiro atoms. The monoisotopic (exact) mass is 418 g/mol. The van der Waals surface area contributed by atoms with E-state index in [9.17, 15) is 13.6 Å². The first-order valence-electron chi connectivity index (χ1n) is 8.92. The van der Waals surface area contributed by atoms with Crippen molar-refractivity contribution in [3.05, 3.63) is 29.5 Å². The second-order valence-corrected chi connectivity index (χ2v) is 6.36. The molecule has 4 rings (SSSR count). The van der Waals surface area contributed by atoms with Crippen molar-refractivity contribution < 1.29 is 27.5 Å². The number of nitriles is 1. The Morgan fingerprint density at radius 3 is 2.83 bits per heavy atom. The Kier molecular flexibility index (Phi) is 5.20. The van der Waals surface area contributed by atoms with Crippen LogP contribution < -0.4 is 15.0 Å². The molecular formula is C18H16F2N6O4. The molecule has 0 radical (unpaired) electrons. The number of alkyl halides is 2. The number of ether oxygens (including phenoxy) is 2. The quantitative estimate of drug-likeness (QED) is 0.669. The first kappa shape index (κ1) is 19.6. The molecule has 1 aliphatic rings. The van der Waals surface area contributed by atoms with Gasteiger partial charge in [0.2, 0.25) is 0 Å². The van der Waals surface area contributed by atoms with Gasteiger partial charge < -0.3 is 24.1 Å². The van der Waals surface area contributed by atoms with E-state index in [1.165, 1.54) is 23.0 Å². The van der Waals surface area contributed by atoms with Crippen molar-refractivity contribution in [1.29, 1.82) is 5.26 Å². The van der Waals surface area contributed by atoms with Gasteiger partial charge in [0.05, 0.1) is 25.0 Å². The molecule has 1 saturated heterocycles. The highest BCUT2D eigenvalue weighted by molar-refractivity contribution is 6.12. The van der Waals surface area contributed by atoms with Gasteiger partial charge in [0.15, 0.2) is 16.8 Å². The number of carbonyl (C=O) groups is 1. The molecule has 0 unspecified atom stereocenters. The largest absolute Gasteiger partial charge is 0.432 e. The molecule has 1 aromatic carbocycles. The number of anilines is 2. The molecule has 12 heteroatoms. The third-order valence-corrected chi connectivity index (χ3v) is 4.53. The molecule has 0 aliphatic carbocycles. The predicted molar refractivity (Wildman–Crippen MR) is 99.5 cm³/mol. The van der Waals surface area contributed by atoms with Crippen LogP contribution in [0.15, 0.2) is 22.7 Å². The average molecular weight is 418 g/mol. The number of amides is 1. The molecule has 10 nitrogen and oxygen atoms in total. The number of aromatic nitrogens is 3. The van der Waals surface area contributed by atoms with Crippen LogP contribution in [0.4, 0.5) is 20.6 Å². The van der Waals surface area contributed by atoms with Crippen LogP contribution >= 0.6 is 0 Å². The van der Waals surface area contributed by atoms with Gasteiger partial charge >= 0.3 is 6.61 Å². The molecule has 3 aromatic rings. The first-order chi connectivity index (χ1) is 14.5. The van der Waals surface area contributed by atoms with E-state index in [4.69, 9.17) is 14.4 Å². The lowest BCUT2D eigenvalue weighted by Gasteiger charge is -2.24. The number of oxazole rings is 1. The summed E-state index contributed by atoms with van der Waals surface area (Å²) < 4.78 is 42.6. The fourth-order valence-electron chi connectivity index (χ4n) is 3.07. The number of carbonyl (C=O) groups excluding carboxylic acids is 1. The number of hydrogen-bond donors (Lipinski definition) is 1. The number of benzene rings is 1. The van der Waals surface area contributed by atoms with Crippen molar-refractivity contribution in [3.8, 4) is 11.8 Å². The van der Waals surface area contributed by atoms with Crippen LogP contribution in [0.2, 0.25) is 0 Å². The minimum atomic E-state index is -3.07. The Labute approximate surface area is 168 Å². The maximum Gasteiger partial charge on any atom is 0.387 e. The molecule has 3 heterocycles. The number of nitrogens with one attached hydrogen (secondary N) is 1. The fourth-order valence-corrected chi connectivity index (χ4v) is 3.07. The number of hydrogen-bond acceptors (Lipinski definition) is 8. The number of rotatable bonds is 5. The minimum absolute atomic E-state index is 0.00467. The van der Waals surface area contributed by atoms with Crippen LogP contribution in [0.3, 0.4) is 0 Å². The Morgan fingerprint density at radius 2 is 2.13 bits per heavy atom. The number of nitrogens with zero attached hydrogens (tertiary/aromatic N) is 5. The summed E-state index contributed by atoms with van der Waals surface area (Å²) in [6, 6.07) is 4.63. The lowest BCUT2D eigenvalue weighted by molar-refractivity contribution is -0.0489. The van der Waals surface area contributed by atoms with Crippen LogP contribution in [0.5, 0.6) is 5.75 Å². The van der Waals surface area contributed by atoms with E-state index in [1.807, 2.05) is 6.07 Å². The van der Waals surface area contributed by atoms with E-state index < -0.39 is 12.5 Å². The molecule has 0 saturated carbocycles. The summed E-state index contributed by atoms with van der Waals surface area (Å²) in [7, 11) is 1.57. The predicted octanol–water partition coefficient (Wildman–Crippen LogP) is 2.12. The van der Waals surface area contributed by atoms with E-state index in [-0.39, 0.29) is 39.8 Å². The topological polar surface area (TPSA) is 118 Å². The second kappa shape index (κ2) is 7.96. The fraction of sp³-hybridized carbons (Fsp3) is 0.333. The molecule has 1 aliphatic heterocycles. The highest BCUT2D eigenvalue weighted by atomic mass is 19.3. The van der Waals surface area contributed by atoms with E-state index >= 15 is 0 Å². The zero-order chi connectivity index (χ0) is 21.3. The normalized spacial score (nSPS) is 14.2. The summed E-state index contributed by atoms with van der Waals surface area (Å²) in [5.41, 5.74) is 0.206.